The molecule has 0 amide bonds. The zero-order valence-electron chi connectivity index (χ0n) is 18.5. The van der Waals surface area contributed by atoms with Crippen LogP contribution in [0.3, 0.4) is 0 Å². The number of aryl methyl sites for hydroxylation is 1. The van der Waals surface area contributed by atoms with Gasteiger partial charge in [0.05, 0.1) is 11.6 Å². The maximum Gasteiger partial charge on any atom is 0.351 e. The summed E-state index contributed by atoms with van der Waals surface area (Å²) < 4.78 is 7.75. The van der Waals surface area contributed by atoms with Crippen molar-refractivity contribution in [2.24, 2.45) is 10.7 Å². The number of ether oxygens (including phenoxy) is 1. The number of aromatic nitrogens is 4. The van der Waals surface area contributed by atoms with Crippen molar-refractivity contribution in [3.63, 3.8) is 0 Å². The number of aromatic amines is 1. The third kappa shape index (κ3) is 5.15. The van der Waals surface area contributed by atoms with Crippen LogP contribution in [0.5, 0.6) is 5.75 Å². The van der Waals surface area contributed by atoms with Crippen LogP contribution in [0.4, 0.5) is 5.82 Å². The zero-order chi connectivity index (χ0) is 24.1. The van der Waals surface area contributed by atoms with Crippen molar-refractivity contribution in [2.45, 2.75) is 26.3 Å². The molecule has 0 fully saturated rings. The van der Waals surface area contributed by atoms with Crippen molar-refractivity contribution in [3.05, 3.63) is 69.3 Å². The lowest BCUT2D eigenvalue weighted by atomic mass is 10.0. The number of hydrogen-bond acceptors (Lipinski definition) is 6. The molecular formula is C24H22BrN7O2. The van der Waals surface area contributed by atoms with Crippen LogP contribution in [0.25, 0.3) is 22.3 Å². The highest BCUT2D eigenvalue weighted by molar-refractivity contribution is 9.10. The van der Waals surface area contributed by atoms with Gasteiger partial charge in [-0.2, -0.15) is 10.2 Å². The molecule has 0 aliphatic heterocycles. The Hall–Kier alpha value is -3.97. The fourth-order valence-electron chi connectivity index (χ4n) is 3.42. The Bertz CT molecular complexity index is 1450. The molecule has 0 spiro atoms. The van der Waals surface area contributed by atoms with Gasteiger partial charge in [-0.05, 0) is 57.7 Å². The van der Waals surface area contributed by atoms with Gasteiger partial charge in [0.15, 0.2) is 16.2 Å². The van der Waals surface area contributed by atoms with Gasteiger partial charge in [0.25, 0.3) is 0 Å². The first-order valence-electron chi connectivity index (χ1n) is 10.7. The van der Waals surface area contributed by atoms with E-state index in [2.05, 4.69) is 48.9 Å². The topological polar surface area (TPSA) is 135 Å². The minimum Gasteiger partial charge on any atom is -0.486 e. The second kappa shape index (κ2) is 10.3. The first-order valence-corrected chi connectivity index (χ1v) is 11.5. The number of nitriles is 1. The third-order valence-corrected chi connectivity index (χ3v) is 5.49. The number of nitrogens with two attached hydrogens (primary N) is 1. The number of nitrogens with one attached hydrogen (secondary N) is 1. The van der Waals surface area contributed by atoms with Crippen LogP contribution in [0.15, 0.2) is 63.1 Å². The van der Waals surface area contributed by atoms with Crippen molar-refractivity contribution in [3.8, 4) is 22.9 Å². The van der Waals surface area contributed by atoms with Gasteiger partial charge in [0.2, 0.25) is 0 Å². The van der Waals surface area contributed by atoms with E-state index in [0.29, 0.717) is 33.8 Å². The van der Waals surface area contributed by atoms with Gasteiger partial charge in [-0.25, -0.2) is 14.8 Å². The molecule has 2 heterocycles. The molecule has 0 saturated heterocycles. The first kappa shape index (κ1) is 23.2. The summed E-state index contributed by atoms with van der Waals surface area (Å²) in [6, 6.07) is 17.0. The summed E-state index contributed by atoms with van der Waals surface area (Å²) >= 11 is 3.31. The van der Waals surface area contributed by atoms with Gasteiger partial charge in [0.1, 0.15) is 23.7 Å². The second-order valence-electron chi connectivity index (χ2n) is 7.56. The second-order valence-corrected chi connectivity index (χ2v) is 8.31. The maximum absolute atomic E-state index is 12.5. The predicted molar refractivity (Wildman–Crippen MR) is 134 cm³/mol. The molecule has 4 rings (SSSR count). The lowest BCUT2D eigenvalue weighted by Crippen LogP contribution is -2.25. The van der Waals surface area contributed by atoms with Crippen LogP contribution >= 0.6 is 15.9 Å². The molecule has 0 unspecified atom stereocenters. The number of nitrogens with zero attached hydrogens (tertiary/aromatic N) is 5. The number of aliphatic imine (C=N–C) groups is 1. The molecule has 2 aromatic heterocycles. The molecule has 3 N–H and O–H groups in total. The molecule has 0 atom stereocenters. The largest absolute Gasteiger partial charge is 0.486 e. The average Bonchev–Trinajstić information content (AvgIpc) is 3.24. The van der Waals surface area contributed by atoms with Crippen LogP contribution in [0.1, 0.15) is 25.3 Å². The van der Waals surface area contributed by atoms with Crippen LogP contribution in [-0.2, 0) is 6.54 Å². The highest BCUT2D eigenvalue weighted by Crippen LogP contribution is 2.24. The molecule has 0 saturated carbocycles. The predicted octanol–water partition coefficient (Wildman–Crippen LogP) is 4.29. The molecule has 172 valence electrons. The Morgan fingerprint density at radius 1 is 1.24 bits per heavy atom. The summed E-state index contributed by atoms with van der Waals surface area (Å²) in [5.41, 5.74) is 9.16. The number of fused-ring (bicyclic) bond motifs is 1. The van der Waals surface area contributed by atoms with Gasteiger partial charge < -0.3 is 15.5 Å². The number of imidazole rings is 1. The molecule has 9 nitrogen and oxygen atoms in total. The summed E-state index contributed by atoms with van der Waals surface area (Å²) in [7, 11) is 0. The SMILES string of the molecule is CCCCn1c(=O)nc(N=C(N)COc2ccc(-c3cccc(C#N)c3)cc2)c2[nH]c(Br)nc21. The summed E-state index contributed by atoms with van der Waals surface area (Å²) in [5.74, 6) is 0.937. The molecule has 4 aromatic rings. The van der Waals surface area contributed by atoms with E-state index in [-0.39, 0.29) is 18.3 Å². The number of rotatable bonds is 8. The van der Waals surface area contributed by atoms with E-state index in [1.807, 2.05) is 42.5 Å². The smallest absolute Gasteiger partial charge is 0.351 e. The summed E-state index contributed by atoms with van der Waals surface area (Å²) in [6.45, 7) is 2.59. The number of halogens is 1. The van der Waals surface area contributed by atoms with Crippen LogP contribution in [-0.4, -0.2) is 32.0 Å². The minimum absolute atomic E-state index is 0.0145. The molecular weight excluding hydrogens is 498 g/mol. The van der Waals surface area contributed by atoms with Gasteiger partial charge in [-0.15, -0.1) is 0 Å². The standard InChI is InChI=1S/C24H22BrN7O2/c1-2-3-11-32-22-20(29-23(25)31-22)21(30-24(32)33)28-19(27)14-34-18-9-7-16(8-10-18)17-6-4-5-15(12-17)13-26/h4-10,12H,2-3,11,14H2,1H3,(H,29,31)(H2,27,28,30,33). The van der Waals surface area contributed by atoms with Crippen molar-refractivity contribution in [1.29, 1.82) is 5.26 Å². The number of benzene rings is 2. The maximum atomic E-state index is 12.5. The van der Waals surface area contributed by atoms with Crippen molar-refractivity contribution in [2.75, 3.05) is 6.61 Å². The Balaban J connectivity index is 1.50. The highest BCUT2D eigenvalue weighted by atomic mass is 79.9. The monoisotopic (exact) mass is 519 g/mol. The Morgan fingerprint density at radius 2 is 2.03 bits per heavy atom. The summed E-state index contributed by atoms with van der Waals surface area (Å²) in [4.78, 5) is 28.3. The summed E-state index contributed by atoms with van der Waals surface area (Å²) in [5, 5.41) is 9.08. The van der Waals surface area contributed by atoms with E-state index in [1.54, 1.807) is 6.07 Å². The lowest BCUT2D eigenvalue weighted by molar-refractivity contribution is 0.375. The van der Waals surface area contributed by atoms with Gasteiger partial charge in [-0.1, -0.05) is 37.6 Å². The van der Waals surface area contributed by atoms with Crippen LogP contribution in [0.2, 0.25) is 0 Å². The molecule has 2 aromatic carbocycles. The zero-order valence-corrected chi connectivity index (χ0v) is 20.0. The molecule has 10 heteroatoms. The van der Waals surface area contributed by atoms with Crippen molar-refractivity contribution >= 4 is 38.7 Å². The quantitative estimate of drug-likeness (QED) is 0.202. The van der Waals surface area contributed by atoms with E-state index < -0.39 is 5.69 Å². The van der Waals surface area contributed by atoms with Gasteiger partial charge >= 0.3 is 5.69 Å². The van der Waals surface area contributed by atoms with E-state index in [9.17, 15) is 4.79 Å². The molecule has 34 heavy (non-hydrogen) atoms. The fraction of sp³-hybridized carbons (Fsp3) is 0.208. The average molecular weight is 520 g/mol. The van der Waals surface area contributed by atoms with Crippen LogP contribution in [0, 0.1) is 11.3 Å². The minimum atomic E-state index is -0.427. The van der Waals surface area contributed by atoms with E-state index in [4.69, 9.17) is 15.7 Å². The van der Waals surface area contributed by atoms with Crippen molar-refractivity contribution < 1.29 is 4.74 Å². The Labute approximate surface area is 204 Å². The number of H-pyrrole nitrogens is 1. The Morgan fingerprint density at radius 3 is 2.76 bits per heavy atom. The molecule has 0 bridgehead atoms. The normalized spacial score (nSPS) is 11.5. The fourth-order valence-corrected chi connectivity index (χ4v) is 3.79. The number of hydrogen-bond donors (Lipinski definition) is 2. The Kier molecular flexibility index (Phi) is 7.04. The molecule has 0 radical (unpaired) electrons. The molecule has 0 aliphatic rings. The molecule has 0 aliphatic carbocycles. The van der Waals surface area contributed by atoms with Gasteiger partial charge in [-0.3, -0.25) is 4.57 Å². The number of unbranched alkanes of at least 4 members (excludes halogenated alkanes) is 1. The summed E-state index contributed by atoms with van der Waals surface area (Å²) in [6.07, 6.45) is 1.78. The van der Waals surface area contributed by atoms with E-state index in [1.165, 1.54) is 4.57 Å². The highest BCUT2D eigenvalue weighted by Gasteiger charge is 2.15. The van der Waals surface area contributed by atoms with E-state index in [0.717, 1.165) is 24.0 Å². The van der Waals surface area contributed by atoms with Gasteiger partial charge in [0, 0.05) is 6.54 Å². The number of amidine groups is 1. The van der Waals surface area contributed by atoms with Crippen molar-refractivity contribution in [1.82, 2.24) is 19.5 Å². The van der Waals surface area contributed by atoms with Crippen LogP contribution < -0.4 is 16.2 Å². The van der Waals surface area contributed by atoms with E-state index >= 15 is 0 Å². The first-order chi connectivity index (χ1) is 16.5. The third-order valence-electron chi connectivity index (χ3n) is 5.12. The lowest BCUT2D eigenvalue weighted by Gasteiger charge is -2.08.